The van der Waals surface area contributed by atoms with Gasteiger partial charge in [0.15, 0.2) is 5.78 Å². The standard InChI is InChI=1S/C11H22O.C11H20O.C6H8O/c2*1-9(2)6-7-10-4-3-5-11(12)8-10;7-6-4-2-1-3-5-6/h9-12H,3-8H2,1-2H3;9-10H,3-8H2,1-2H3;2,4H,1,3,5H2. The molecular formula is C28H50O3. The molecule has 180 valence electrons. The maximum atomic E-state index is 11.1. The highest BCUT2D eigenvalue weighted by Gasteiger charge is 2.20. The van der Waals surface area contributed by atoms with Gasteiger partial charge in [-0.2, -0.15) is 0 Å². The quantitative estimate of drug-likeness (QED) is 0.472. The molecule has 0 spiro atoms. The van der Waals surface area contributed by atoms with Crippen molar-refractivity contribution in [2.24, 2.45) is 23.7 Å². The van der Waals surface area contributed by atoms with E-state index < -0.39 is 0 Å². The molecule has 3 rings (SSSR count). The number of Topliss-reactive ketones (excluding diaryl/α,β-unsaturated/α-hetero) is 1. The van der Waals surface area contributed by atoms with E-state index in [4.69, 9.17) is 0 Å². The van der Waals surface area contributed by atoms with E-state index in [9.17, 15) is 14.7 Å². The fourth-order valence-corrected chi connectivity index (χ4v) is 4.72. The number of hydrogen-bond acceptors (Lipinski definition) is 3. The number of allylic oxidation sites excluding steroid dienone is 2. The minimum absolute atomic E-state index is 0.0101. The van der Waals surface area contributed by atoms with Crippen molar-refractivity contribution in [1.82, 2.24) is 0 Å². The van der Waals surface area contributed by atoms with Crippen LogP contribution in [-0.4, -0.2) is 22.8 Å². The molecule has 0 aromatic rings. The Hall–Kier alpha value is -0.960. The third-order valence-electron chi connectivity index (χ3n) is 6.74. The summed E-state index contributed by atoms with van der Waals surface area (Å²) in [7, 11) is 0. The van der Waals surface area contributed by atoms with Crippen molar-refractivity contribution in [3.8, 4) is 0 Å². The van der Waals surface area contributed by atoms with E-state index in [-0.39, 0.29) is 11.9 Å². The number of aliphatic hydroxyl groups excluding tert-OH is 1. The number of aliphatic hydroxyl groups is 1. The number of hydrogen-bond donors (Lipinski definition) is 1. The van der Waals surface area contributed by atoms with Gasteiger partial charge in [0.1, 0.15) is 5.78 Å². The normalized spacial score (nSPS) is 26.2. The van der Waals surface area contributed by atoms with E-state index >= 15 is 0 Å². The van der Waals surface area contributed by atoms with Gasteiger partial charge in [0.2, 0.25) is 0 Å². The van der Waals surface area contributed by atoms with Gasteiger partial charge in [0, 0.05) is 19.3 Å². The van der Waals surface area contributed by atoms with Crippen LogP contribution in [0.2, 0.25) is 0 Å². The molecule has 0 bridgehead atoms. The Labute approximate surface area is 192 Å². The summed E-state index contributed by atoms with van der Waals surface area (Å²) in [5.41, 5.74) is 0. The van der Waals surface area contributed by atoms with Gasteiger partial charge in [0.05, 0.1) is 6.10 Å². The van der Waals surface area contributed by atoms with Gasteiger partial charge in [-0.25, -0.2) is 0 Å². The van der Waals surface area contributed by atoms with Gasteiger partial charge >= 0.3 is 0 Å². The Morgan fingerprint density at radius 2 is 1.52 bits per heavy atom. The van der Waals surface area contributed by atoms with Crippen molar-refractivity contribution in [3.05, 3.63) is 12.2 Å². The third-order valence-corrected chi connectivity index (χ3v) is 6.74. The summed E-state index contributed by atoms with van der Waals surface area (Å²) >= 11 is 0. The average molecular weight is 435 g/mol. The summed E-state index contributed by atoms with van der Waals surface area (Å²) in [6.07, 6.45) is 20.6. The second-order valence-electron chi connectivity index (χ2n) is 10.9. The van der Waals surface area contributed by atoms with Crippen LogP contribution in [0.1, 0.15) is 124 Å². The summed E-state index contributed by atoms with van der Waals surface area (Å²) in [6, 6.07) is 0. The molecule has 3 atom stereocenters. The summed E-state index contributed by atoms with van der Waals surface area (Å²) in [5, 5.41) is 9.44. The van der Waals surface area contributed by atoms with Crippen LogP contribution in [-0.2, 0) is 9.59 Å². The summed E-state index contributed by atoms with van der Waals surface area (Å²) in [6.45, 7) is 9.06. The molecule has 3 aliphatic rings. The van der Waals surface area contributed by atoms with Crippen molar-refractivity contribution >= 4 is 11.6 Å². The minimum atomic E-state index is 0.0101. The van der Waals surface area contributed by atoms with Crippen LogP contribution in [0.3, 0.4) is 0 Å². The molecule has 0 aliphatic heterocycles. The molecule has 0 radical (unpaired) electrons. The molecule has 3 nitrogen and oxygen atoms in total. The van der Waals surface area contributed by atoms with E-state index in [0.717, 1.165) is 69.1 Å². The van der Waals surface area contributed by atoms with Gasteiger partial charge in [-0.15, -0.1) is 0 Å². The fourth-order valence-electron chi connectivity index (χ4n) is 4.72. The lowest BCUT2D eigenvalue weighted by Gasteiger charge is -2.26. The highest BCUT2D eigenvalue weighted by atomic mass is 16.3. The summed E-state index contributed by atoms with van der Waals surface area (Å²) in [4.78, 5) is 21.5. The van der Waals surface area contributed by atoms with E-state index in [1.807, 2.05) is 6.08 Å². The topological polar surface area (TPSA) is 54.4 Å². The van der Waals surface area contributed by atoms with Crippen LogP contribution in [0.25, 0.3) is 0 Å². The predicted molar refractivity (Wildman–Crippen MR) is 131 cm³/mol. The smallest absolute Gasteiger partial charge is 0.155 e. The largest absolute Gasteiger partial charge is 0.393 e. The zero-order valence-electron chi connectivity index (χ0n) is 20.9. The first-order valence-electron chi connectivity index (χ1n) is 13.1. The lowest BCUT2D eigenvalue weighted by atomic mass is 9.83. The molecule has 2 fully saturated rings. The van der Waals surface area contributed by atoms with E-state index in [2.05, 4.69) is 27.7 Å². The highest BCUT2D eigenvalue weighted by molar-refractivity contribution is 5.90. The first-order chi connectivity index (χ1) is 14.8. The molecule has 0 amide bonds. The summed E-state index contributed by atoms with van der Waals surface area (Å²) in [5.74, 6) is 3.93. The molecule has 0 aromatic heterocycles. The average Bonchev–Trinajstić information content (AvgIpc) is 2.72. The van der Waals surface area contributed by atoms with E-state index in [0.29, 0.717) is 11.7 Å². The van der Waals surface area contributed by atoms with Gasteiger partial charge in [-0.3, -0.25) is 9.59 Å². The lowest BCUT2D eigenvalue weighted by molar-refractivity contribution is -0.121. The van der Waals surface area contributed by atoms with E-state index in [1.54, 1.807) is 6.08 Å². The second kappa shape index (κ2) is 16.6. The minimum Gasteiger partial charge on any atom is -0.393 e. The Morgan fingerprint density at radius 3 is 2.00 bits per heavy atom. The first kappa shape index (κ1) is 28.1. The van der Waals surface area contributed by atoms with Gasteiger partial charge in [-0.05, 0) is 74.7 Å². The predicted octanol–water partition coefficient (Wildman–Crippen LogP) is 7.45. The van der Waals surface area contributed by atoms with E-state index in [1.165, 1.54) is 44.9 Å². The monoisotopic (exact) mass is 434 g/mol. The Bertz CT molecular complexity index is 520. The maximum Gasteiger partial charge on any atom is 0.155 e. The number of ketones is 2. The van der Waals surface area contributed by atoms with Crippen molar-refractivity contribution in [3.63, 3.8) is 0 Å². The number of carbonyl (C=O) groups excluding carboxylic acids is 2. The molecule has 3 heteroatoms. The SMILES string of the molecule is CC(C)CCC1CCCC(=O)C1.CC(C)CCC1CCCC(O)C1.O=C1C=CCCC1. The summed E-state index contributed by atoms with van der Waals surface area (Å²) < 4.78 is 0. The Kier molecular flexibility index (Phi) is 15.1. The van der Waals surface area contributed by atoms with Gasteiger partial charge in [-0.1, -0.05) is 65.9 Å². The third kappa shape index (κ3) is 15.5. The maximum absolute atomic E-state index is 11.1. The van der Waals surface area contributed by atoms with Crippen molar-refractivity contribution < 1.29 is 14.7 Å². The molecule has 31 heavy (non-hydrogen) atoms. The van der Waals surface area contributed by atoms with Gasteiger partial charge in [0.25, 0.3) is 0 Å². The number of rotatable bonds is 6. The van der Waals surface area contributed by atoms with Crippen LogP contribution in [0.4, 0.5) is 0 Å². The number of carbonyl (C=O) groups is 2. The lowest BCUT2D eigenvalue weighted by Crippen LogP contribution is -2.19. The molecule has 0 heterocycles. The van der Waals surface area contributed by atoms with Crippen molar-refractivity contribution in [1.29, 1.82) is 0 Å². The van der Waals surface area contributed by atoms with Crippen LogP contribution in [0.15, 0.2) is 12.2 Å². The highest BCUT2D eigenvalue weighted by Crippen LogP contribution is 2.29. The molecule has 3 unspecified atom stereocenters. The van der Waals surface area contributed by atoms with Crippen molar-refractivity contribution in [2.45, 2.75) is 130 Å². The fraction of sp³-hybridized carbons (Fsp3) is 0.857. The van der Waals surface area contributed by atoms with Crippen LogP contribution < -0.4 is 0 Å². The van der Waals surface area contributed by atoms with Crippen molar-refractivity contribution in [2.75, 3.05) is 0 Å². The van der Waals surface area contributed by atoms with Crippen LogP contribution >= 0.6 is 0 Å². The zero-order chi connectivity index (χ0) is 23.1. The zero-order valence-corrected chi connectivity index (χ0v) is 20.9. The molecule has 3 aliphatic carbocycles. The molecule has 0 saturated heterocycles. The molecule has 0 aromatic carbocycles. The second-order valence-corrected chi connectivity index (χ2v) is 10.9. The molecule has 2 saturated carbocycles. The first-order valence-corrected chi connectivity index (χ1v) is 13.1. The molecule has 1 N–H and O–H groups in total. The molecular weight excluding hydrogens is 384 g/mol. The van der Waals surface area contributed by atoms with Gasteiger partial charge < -0.3 is 5.11 Å². The Balaban J connectivity index is 0.000000241. The van der Waals surface area contributed by atoms with Crippen LogP contribution in [0.5, 0.6) is 0 Å². The Morgan fingerprint density at radius 1 is 0.871 bits per heavy atom. The van der Waals surface area contributed by atoms with Crippen LogP contribution in [0, 0.1) is 23.7 Å².